The molecule has 0 fully saturated rings. The minimum Gasteiger partial charge on any atom is -0.486 e. The second kappa shape index (κ2) is 9.51. The van der Waals surface area contributed by atoms with Crippen LogP contribution in [0, 0.1) is 0 Å². The summed E-state index contributed by atoms with van der Waals surface area (Å²) in [6, 6.07) is 17.1. The molecule has 0 saturated carbocycles. The highest BCUT2D eigenvalue weighted by molar-refractivity contribution is 7.89. The molecule has 1 atom stereocenters. The van der Waals surface area contributed by atoms with Gasteiger partial charge in [-0.1, -0.05) is 18.2 Å². The van der Waals surface area contributed by atoms with Crippen molar-refractivity contribution >= 4 is 27.3 Å². The van der Waals surface area contributed by atoms with Gasteiger partial charge in [0.15, 0.2) is 11.5 Å². The summed E-state index contributed by atoms with van der Waals surface area (Å²) >= 11 is 1.59. The van der Waals surface area contributed by atoms with E-state index in [1.807, 2.05) is 41.8 Å². The molecule has 1 aromatic heterocycles. The number of carbonyl (C=O) groups excluding carboxylic acids is 1. The zero-order chi connectivity index (χ0) is 21.7. The maximum absolute atomic E-state index is 12.4. The normalized spacial score (nSPS) is 15.4. The van der Waals surface area contributed by atoms with Gasteiger partial charge in [0.2, 0.25) is 10.0 Å². The number of fused-ring (bicyclic) bond motifs is 1. The highest BCUT2D eigenvalue weighted by Crippen LogP contribution is 2.30. The van der Waals surface area contributed by atoms with Crippen LogP contribution in [0.15, 0.2) is 70.9 Å². The Hall–Kier alpha value is -2.88. The van der Waals surface area contributed by atoms with Crippen LogP contribution >= 0.6 is 11.3 Å². The number of ether oxygens (including phenoxy) is 2. The molecular weight excluding hydrogens is 436 g/mol. The number of hydrogen-bond acceptors (Lipinski definition) is 6. The van der Waals surface area contributed by atoms with Crippen LogP contribution in [-0.4, -0.2) is 40.1 Å². The summed E-state index contributed by atoms with van der Waals surface area (Å²) in [6.45, 7) is 0.931. The van der Waals surface area contributed by atoms with E-state index in [4.69, 9.17) is 9.47 Å². The number of thiophene rings is 1. The van der Waals surface area contributed by atoms with Crippen LogP contribution in [-0.2, 0) is 16.4 Å². The molecule has 2 aromatic carbocycles. The maximum Gasteiger partial charge on any atom is 0.251 e. The third kappa shape index (κ3) is 5.43. The molecule has 4 rings (SSSR count). The largest absolute Gasteiger partial charge is 0.486 e. The Labute approximate surface area is 185 Å². The average molecular weight is 459 g/mol. The molecule has 0 aliphatic carbocycles. The summed E-state index contributed by atoms with van der Waals surface area (Å²) in [7, 11) is -3.63. The second-order valence-electron chi connectivity index (χ2n) is 6.96. The van der Waals surface area contributed by atoms with Gasteiger partial charge in [-0.2, -0.15) is 0 Å². The summed E-state index contributed by atoms with van der Waals surface area (Å²) in [5, 5.41) is 4.76. The molecule has 1 aliphatic heterocycles. The van der Waals surface area contributed by atoms with Crippen molar-refractivity contribution in [3.63, 3.8) is 0 Å². The number of hydrogen-bond donors (Lipinski definition) is 2. The van der Waals surface area contributed by atoms with E-state index in [2.05, 4.69) is 10.0 Å². The molecule has 0 radical (unpaired) electrons. The van der Waals surface area contributed by atoms with Crippen molar-refractivity contribution in [3.05, 3.63) is 76.5 Å². The summed E-state index contributed by atoms with van der Waals surface area (Å²) in [5.41, 5.74) is 0.370. The number of para-hydroxylation sites is 2. The number of amides is 1. The summed E-state index contributed by atoms with van der Waals surface area (Å²) in [6.07, 6.45) is 0.334. The van der Waals surface area contributed by atoms with Crippen LogP contribution in [0.5, 0.6) is 11.5 Å². The second-order valence-corrected chi connectivity index (χ2v) is 9.76. The van der Waals surface area contributed by atoms with Crippen LogP contribution in [0.25, 0.3) is 0 Å². The zero-order valence-electron chi connectivity index (χ0n) is 16.6. The quantitative estimate of drug-likeness (QED) is 0.541. The van der Waals surface area contributed by atoms with Crippen LogP contribution in [0.1, 0.15) is 15.2 Å². The molecule has 0 saturated heterocycles. The Bertz CT molecular complexity index is 1130. The topological polar surface area (TPSA) is 93.7 Å². The van der Waals surface area contributed by atoms with E-state index in [9.17, 15) is 13.2 Å². The van der Waals surface area contributed by atoms with Gasteiger partial charge in [0.25, 0.3) is 5.91 Å². The van der Waals surface area contributed by atoms with Crippen LogP contribution in [0.3, 0.4) is 0 Å². The SMILES string of the molecule is O=C(NCC1COc2ccccc2O1)c1ccc(S(=O)(=O)NCCc2cccs2)cc1. The van der Waals surface area contributed by atoms with Crippen molar-refractivity contribution in [1.82, 2.24) is 10.0 Å². The third-order valence-corrected chi connectivity index (χ3v) is 7.14. The number of carbonyl (C=O) groups is 1. The van der Waals surface area contributed by atoms with Crippen LogP contribution in [0.4, 0.5) is 0 Å². The molecule has 31 heavy (non-hydrogen) atoms. The number of benzene rings is 2. The molecule has 1 amide bonds. The first-order valence-electron chi connectivity index (χ1n) is 9.80. The van der Waals surface area contributed by atoms with Gasteiger partial charge in [0.05, 0.1) is 11.4 Å². The first-order chi connectivity index (χ1) is 15.0. The van der Waals surface area contributed by atoms with Gasteiger partial charge < -0.3 is 14.8 Å². The molecule has 7 nitrogen and oxygen atoms in total. The molecule has 9 heteroatoms. The lowest BCUT2D eigenvalue weighted by Crippen LogP contribution is -2.40. The van der Waals surface area contributed by atoms with E-state index < -0.39 is 10.0 Å². The maximum atomic E-state index is 12.4. The Balaban J connectivity index is 1.28. The molecule has 162 valence electrons. The average Bonchev–Trinajstić information content (AvgIpc) is 3.31. The van der Waals surface area contributed by atoms with Gasteiger partial charge in [-0.3, -0.25) is 4.79 Å². The van der Waals surface area contributed by atoms with Crippen molar-refractivity contribution < 1.29 is 22.7 Å². The summed E-state index contributed by atoms with van der Waals surface area (Å²) < 4.78 is 38.9. The summed E-state index contributed by atoms with van der Waals surface area (Å²) in [4.78, 5) is 13.7. The van der Waals surface area contributed by atoms with Gasteiger partial charge in [-0.25, -0.2) is 13.1 Å². The Morgan fingerprint density at radius 2 is 1.81 bits per heavy atom. The Kier molecular flexibility index (Phi) is 6.55. The van der Waals surface area contributed by atoms with Crippen LogP contribution in [0.2, 0.25) is 0 Å². The minimum absolute atomic E-state index is 0.121. The van der Waals surface area contributed by atoms with Gasteiger partial charge in [0, 0.05) is 17.0 Å². The minimum atomic E-state index is -3.63. The fourth-order valence-electron chi connectivity index (χ4n) is 3.10. The van der Waals surface area contributed by atoms with Crippen LogP contribution < -0.4 is 19.5 Å². The first kappa shape index (κ1) is 21.4. The van der Waals surface area contributed by atoms with Crippen molar-refractivity contribution in [2.75, 3.05) is 19.7 Å². The lowest BCUT2D eigenvalue weighted by atomic mass is 10.2. The van der Waals surface area contributed by atoms with Crippen molar-refractivity contribution in [2.45, 2.75) is 17.4 Å². The van der Waals surface area contributed by atoms with E-state index in [1.54, 1.807) is 11.3 Å². The molecular formula is C22H22N2O5S2. The molecule has 0 spiro atoms. The molecule has 3 aromatic rings. The van der Waals surface area contributed by atoms with E-state index in [0.29, 0.717) is 36.6 Å². The number of sulfonamides is 1. The van der Waals surface area contributed by atoms with Gasteiger partial charge in [0.1, 0.15) is 12.7 Å². The van der Waals surface area contributed by atoms with E-state index in [0.717, 1.165) is 4.88 Å². The predicted octanol–water partition coefficient (Wildman–Crippen LogP) is 2.84. The van der Waals surface area contributed by atoms with Gasteiger partial charge in [-0.05, 0) is 54.3 Å². The molecule has 1 aliphatic rings. The first-order valence-corrected chi connectivity index (χ1v) is 12.2. The molecule has 0 bridgehead atoms. The monoisotopic (exact) mass is 458 g/mol. The number of rotatable bonds is 8. The highest BCUT2D eigenvalue weighted by Gasteiger charge is 2.21. The van der Waals surface area contributed by atoms with Crippen molar-refractivity contribution in [2.24, 2.45) is 0 Å². The molecule has 2 N–H and O–H groups in total. The van der Waals surface area contributed by atoms with Gasteiger partial charge in [-0.15, -0.1) is 11.3 Å². The standard InChI is InChI=1S/C22H22N2O5S2/c25-22(23-14-17-15-28-20-5-1-2-6-21(20)29-17)16-7-9-19(10-8-16)31(26,27)24-12-11-18-4-3-13-30-18/h1-10,13,17,24H,11-12,14-15H2,(H,23,25). The molecule has 1 unspecified atom stereocenters. The number of nitrogens with one attached hydrogen (secondary N) is 2. The third-order valence-electron chi connectivity index (χ3n) is 4.73. The van der Waals surface area contributed by atoms with Crippen molar-refractivity contribution in [1.29, 1.82) is 0 Å². The summed E-state index contributed by atoms with van der Waals surface area (Å²) in [5.74, 6) is 1.03. The smallest absolute Gasteiger partial charge is 0.251 e. The highest BCUT2D eigenvalue weighted by atomic mass is 32.2. The lowest BCUT2D eigenvalue weighted by molar-refractivity contribution is 0.0789. The lowest BCUT2D eigenvalue weighted by Gasteiger charge is -2.26. The van der Waals surface area contributed by atoms with E-state index in [1.165, 1.54) is 24.3 Å². The predicted molar refractivity (Wildman–Crippen MR) is 118 cm³/mol. The zero-order valence-corrected chi connectivity index (χ0v) is 18.2. The van der Waals surface area contributed by atoms with Crippen molar-refractivity contribution in [3.8, 4) is 11.5 Å². The Morgan fingerprint density at radius 1 is 1.03 bits per heavy atom. The fourth-order valence-corrected chi connectivity index (χ4v) is 4.85. The Morgan fingerprint density at radius 3 is 2.55 bits per heavy atom. The fraction of sp³-hybridized carbons (Fsp3) is 0.227. The van der Waals surface area contributed by atoms with E-state index >= 15 is 0 Å². The molecule has 2 heterocycles. The van der Waals surface area contributed by atoms with E-state index in [-0.39, 0.29) is 23.5 Å². The van der Waals surface area contributed by atoms with Gasteiger partial charge >= 0.3 is 0 Å².